The van der Waals surface area contributed by atoms with Gasteiger partial charge in [-0.05, 0) is 35.7 Å². The second-order valence-corrected chi connectivity index (χ2v) is 11.4. The molecule has 6 nitrogen and oxygen atoms in total. The predicted molar refractivity (Wildman–Crippen MR) is 150 cm³/mol. The van der Waals surface area contributed by atoms with Gasteiger partial charge in [0.2, 0.25) is 0 Å². The number of benzene rings is 4. The molecular weight excluding hydrogens is 519 g/mol. The van der Waals surface area contributed by atoms with E-state index < -0.39 is 20.2 Å². The summed E-state index contributed by atoms with van der Waals surface area (Å²) in [6.45, 7) is 4.46. The van der Waals surface area contributed by atoms with Crippen molar-refractivity contribution in [1.29, 1.82) is 0 Å². The molecule has 0 amide bonds. The Morgan fingerprint density at radius 2 is 0.892 bits per heavy atom. The zero-order valence-corrected chi connectivity index (χ0v) is 25.2. The van der Waals surface area contributed by atoms with E-state index in [-0.39, 0.29) is 52.6 Å². The molecule has 1 radical (unpaired) electrons. The van der Waals surface area contributed by atoms with Crippen LogP contribution in [0.3, 0.4) is 0 Å². The molecule has 4 aromatic carbocycles. The Labute approximate surface area is 242 Å². The fourth-order valence-corrected chi connectivity index (χ4v) is 5.91. The molecule has 0 atom stereocenters. The molecule has 0 unspecified atom stereocenters. The normalized spacial score (nSPS) is 11.5. The van der Waals surface area contributed by atoms with Crippen LogP contribution in [0.4, 0.5) is 0 Å². The van der Waals surface area contributed by atoms with E-state index in [4.69, 9.17) is 8.37 Å². The molecule has 0 bridgehead atoms. The van der Waals surface area contributed by atoms with Gasteiger partial charge in [0.1, 0.15) is 9.79 Å². The van der Waals surface area contributed by atoms with Crippen LogP contribution >= 0.6 is 0 Å². The molecule has 37 heavy (non-hydrogen) atoms. The fourth-order valence-electron chi connectivity index (χ4n) is 3.58. The fraction of sp³-hybridized carbons (Fsp3) is 0.286. The van der Waals surface area contributed by atoms with Gasteiger partial charge in [0.05, 0.1) is 13.2 Å². The van der Waals surface area contributed by atoms with Gasteiger partial charge in [-0.3, -0.25) is 8.37 Å². The first-order valence-electron chi connectivity index (χ1n) is 12.0. The standard InChI is InChI=1S/2C14H16O3S.Na/c2*1-2-3-11-17-18(15,16)14-10-6-8-12-7-4-5-9-13(12)14;/h2*4-10H,2-3,11H2,1H3;. The SMILES string of the molecule is CCCCOS(=O)(=O)c1cccc2ccccc12.CCCCOS(=O)(=O)c1cccc2ccccc12.[Na]. The zero-order chi connectivity index (χ0) is 26.0. The van der Waals surface area contributed by atoms with E-state index in [0.717, 1.165) is 36.5 Å². The second kappa shape index (κ2) is 15.0. The average molecular weight is 552 g/mol. The smallest absolute Gasteiger partial charge is 0.266 e. The Morgan fingerprint density at radius 1 is 0.541 bits per heavy atom. The van der Waals surface area contributed by atoms with E-state index in [0.29, 0.717) is 10.8 Å². The molecule has 0 N–H and O–H groups in total. The average Bonchev–Trinajstić information content (AvgIpc) is 2.88. The molecule has 0 spiro atoms. The van der Waals surface area contributed by atoms with Gasteiger partial charge in [0, 0.05) is 40.3 Å². The van der Waals surface area contributed by atoms with E-state index in [1.54, 1.807) is 36.4 Å². The van der Waals surface area contributed by atoms with Gasteiger partial charge in [-0.2, -0.15) is 16.8 Å². The summed E-state index contributed by atoms with van der Waals surface area (Å²) in [5.41, 5.74) is 0. The first-order valence-corrected chi connectivity index (χ1v) is 14.9. The Kier molecular flexibility index (Phi) is 12.7. The predicted octanol–water partition coefficient (Wildman–Crippen LogP) is 6.31. The van der Waals surface area contributed by atoms with Gasteiger partial charge in [-0.25, -0.2) is 0 Å². The summed E-state index contributed by atoms with van der Waals surface area (Å²) < 4.78 is 58.5. The molecule has 0 aliphatic heterocycles. The van der Waals surface area contributed by atoms with Crippen molar-refractivity contribution in [3.05, 3.63) is 84.9 Å². The maximum atomic E-state index is 12.1. The molecule has 0 saturated carbocycles. The Bertz CT molecular complexity index is 1380. The minimum atomic E-state index is -3.66. The molecule has 193 valence electrons. The third kappa shape index (κ3) is 8.61. The van der Waals surface area contributed by atoms with Crippen molar-refractivity contribution in [3.63, 3.8) is 0 Å². The van der Waals surface area contributed by atoms with Gasteiger partial charge >= 0.3 is 0 Å². The van der Waals surface area contributed by atoms with Gasteiger partial charge in [0.15, 0.2) is 0 Å². The number of hydrogen-bond acceptors (Lipinski definition) is 6. The third-order valence-electron chi connectivity index (χ3n) is 5.51. The Hall–Kier alpha value is -1.78. The van der Waals surface area contributed by atoms with Crippen LogP contribution in [0.25, 0.3) is 21.5 Å². The number of hydrogen-bond donors (Lipinski definition) is 0. The molecule has 9 heteroatoms. The molecule has 0 aliphatic rings. The molecule has 0 saturated heterocycles. The van der Waals surface area contributed by atoms with Crippen molar-refractivity contribution in [2.24, 2.45) is 0 Å². The molecule has 4 aromatic rings. The third-order valence-corrected chi connectivity index (χ3v) is 8.25. The maximum absolute atomic E-state index is 12.1. The molecular formula is C28H32NaO6S2. The van der Waals surface area contributed by atoms with Crippen LogP contribution in [0, 0.1) is 0 Å². The van der Waals surface area contributed by atoms with Crippen LogP contribution in [0.1, 0.15) is 39.5 Å². The minimum absolute atomic E-state index is 0. The van der Waals surface area contributed by atoms with Crippen molar-refractivity contribution in [2.75, 3.05) is 13.2 Å². The van der Waals surface area contributed by atoms with Crippen molar-refractivity contribution in [2.45, 2.75) is 49.3 Å². The molecule has 0 heterocycles. The second-order valence-electron chi connectivity index (χ2n) is 8.21. The quantitative estimate of drug-likeness (QED) is 0.130. The van der Waals surface area contributed by atoms with Crippen LogP contribution in [0.15, 0.2) is 94.7 Å². The van der Waals surface area contributed by atoms with Crippen LogP contribution in [-0.4, -0.2) is 59.6 Å². The summed E-state index contributed by atoms with van der Waals surface area (Å²) in [5.74, 6) is 0. The van der Waals surface area contributed by atoms with E-state index in [2.05, 4.69) is 0 Å². The summed E-state index contributed by atoms with van der Waals surface area (Å²) >= 11 is 0. The maximum Gasteiger partial charge on any atom is 0.297 e. The van der Waals surface area contributed by atoms with Crippen molar-refractivity contribution in [3.8, 4) is 0 Å². The topological polar surface area (TPSA) is 86.7 Å². The monoisotopic (exact) mass is 551 g/mol. The van der Waals surface area contributed by atoms with E-state index in [1.165, 1.54) is 0 Å². The van der Waals surface area contributed by atoms with Gasteiger partial charge in [0.25, 0.3) is 20.2 Å². The summed E-state index contributed by atoms with van der Waals surface area (Å²) in [5, 5.41) is 3.21. The molecule has 4 rings (SSSR count). The summed E-state index contributed by atoms with van der Waals surface area (Å²) in [7, 11) is -7.32. The summed E-state index contributed by atoms with van der Waals surface area (Å²) in [6, 6.07) is 25.2. The first-order chi connectivity index (χ1) is 17.3. The number of fused-ring (bicyclic) bond motifs is 2. The van der Waals surface area contributed by atoms with Crippen LogP contribution in [0.2, 0.25) is 0 Å². The number of unbranched alkanes of at least 4 members (excludes halogenated alkanes) is 2. The van der Waals surface area contributed by atoms with Crippen molar-refractivity contribution < 1.29 is 25.2 Å². The van der Waals surface area contributed by atoms with Crippen LogP contribution in [0.5, 0.6) is 0 Å². The van der Waals surface area contributed by atoms with Crippen LogP contribution < -0.4 is 0 Å². The van der Waals surface area contributed by atoms with Gasteiger partial charge in [-0.1, -0.05) is 99.5 Å². The largest absolute Gasteiger partial charge is 0.297 e. The van der Waals surface area contributed by atoms with E-state index >= 15 is 0 Å². The molecule has 0 aromatic heterocycles. The van der Waals surface area contributed by atoms with Crippen molar-refractivity contribution >= 4 is 71.3 Å². The molecule has 0 aliphatic carbocycles. The van der Waals surface area contributed by atoms with Crippen molar-refractivity contribution in [1.82, 2.24) is 0 Å². The first kappa shape index (κ1) is 31.4. The van der Waals surface area contributed by atoms with E-state index in [9.17, 15) is 16.8 Å². The summed E-state index contributed by atoms with van der Waals surface area (Å²) in [6.07, 6.45) is 3.30. The Morgan fingerprint density at radius 3 is 1.27 bits per heavy atom. The van der Waals surface area contributed by atoms with E-state index in [1.807, 2.05) is 62.4 Å². The number of rotatable bonds is 10. The van der Waals surface area contributed by atoms with Gasteiger partial charge < -0.3 is 0 Å². The minimum Gasteiger partial charge on any atom is -0.266 e. The van der Waals surface area contributed by atoms with Gasteiger partial charge in [-0.15, -0.1) is 0 Å². The van der Waals surface area contributed by atoms with Crippen LogP contribution in [-0.2, 0) is 28.6 Å². The molecule has 0 fully saturated rings. The summed E-state index contributed by atoms with van der Waals surface area (Å²) in [4.78, 5) is 0.494. The zero-order valence-electron chi connectivity index (χ0n) is 21.6. The Balaban J connectivity index is 0.000000253.